The predicted octanol–water partition coefficient (Wildman–Crippen LogP) is -0.0462. The number of pyridine rings is 1. The maximum absolute atomic E-state index is 12.0. The number of amides is 1. The predicted molar refractivity (Wildman–Crippen MR) is 76.6 cm³/mol. The summed E-state index contributed by atoms with van der Waals surface area (Å²) in [5.74, 6) is 0.671. The molecule has 6 heteroatoms. The van der Waals surface area contributed by atoms with Gasteiger partial charge in [-0.25, -0.2) is 0 Å². The average Bonchev–Trinajstić information content (AvgIpc) is 2.47. The summed E-state index contributed by atoms with van der Waals surface area (Å²) in [4.78, 5) is 20.3. The molecule has 1 N–H and O–H groups in total. The van der Waals surface area contributed by atoms with Gasteiger partial charge in [0.2, 0.25) is 0 Å². The van der Waals surface area contributed by atoms with Crippen molar-refractivity contribution in [2.75, 3.05) is 46.9 Å². The van der Waals surface area contributed by atoms with Crippen LogP contribution in [0.5, 0.6) is 5.75 Å². The molecular weight excluding hydrogens is 256 g/mol. The third-order valence-electron chi connectivity index (χ3n) is 3.37. The molecule has 0 aliphatic carbocycles. The number of aromatic nitrogens is 1. The first-order valence-electron chi connectivity index (χ1n) is 6.87. The van der Waals surface area contributed by atoms with Crippen LogP contribution in [0.25, 0.3) is 0 Å². The van der Waals surface area contributed by atoms with Gasteiger partial charge in [0.05, 0.1) is 11.9 Å². The normalized spacial score (nSPS) is 16.2. The van der Waals surface area contributed by atoms with Crippen molar-refractivity contribution in [2.45, 2.75) is 6.54 Å². The smallest absolute Gasteiger partial charge is 0.260 e. The summed E-state index contributed by atoms with van der Waals surface area (Å²) in [6.07, 6.45) is 1.66. The second-order valence-electron chi connectivity index (χ2n) is 4.99. The molecule has 1 saturated heterocycles. The summed E-state index contributed by atoms with van der Waals surface area (Å²) in [5.41, 5.74) is 0.949. The fourth-order valence-corrected chi connectivity index (χ4v) is 2.07. The molecule has 1 aliphatic rings. The van der Waals surface area contributed by atoms with Crippen molar-refractivity contribution in [3.05, 3.63) is 24.0 Å². The number of nitrogens with zero attached hydrogens (tertiary/aromatic N) is 3. The first kappa shape index (κ1) is 14.7. The van der Waals surface area contributed by atoms with Crippen LogP contribution in [-0.4, -0.2) is 67.6 Å². The molecule has 2 heterocycles. The Hall–Kier alpha value is -1.66. The molecule has 1 aromatic rings. The van der Waals surface area contributed by atoms with Gasteiger partial charge in [0.15, 0.2) is 6.61 Å². The van der Waals surface area contributed by atoms with Crippen molar-refractivity contribution < 1.29 is 9.53 Å². The second-order valence-corrected chi connectivity index (χ2v) is 4.99. The lowest BCUT2D eigenvalue weighted by molar-refractivity contribution is -0.134. The Bertz CT molecular complexity index is 427. The number of nitrogens with one attached hydrogen (secondary N) is 1. The van der Waals surface area contributed by atoms with Gasteiger partial charge in [-0.05, 0) is 26.2 Å². The van der Waals surface area contributed by atoms with Crippen LogP contribution >= 0.6 is 0 Å². The van der Waals surface area contributed by atoms with Gasteiger partial charge in [0.25, 0.3) is 5.91 Å². The van der Waals surface area contributed by atoms with Gasteiger partial charge in [0.1, 0.15) is 5.75 Å². The van der Waals surface area contributed by atoms with Gasteiger partial charge in [-0.3, -0.25) is 9.78 Å². The lowest BCUT2D eigenvalue weighted by atomic mass is 10.3. The van der Waals surface area contributed by atoms with Gasteiger partial charge in [-0.2, -0.15) is 0 Å². The zero-order valence-electron chi connectivity index (χ0n) is 12.1. The molecule has 1 amide bonds. The first-order valence-corrected chi connectivity index (χ1v) is 6.87. The molecule has 20 heavy (non-hydrogen) atoms. The van der Waals surface area contributed by atoms with Gasteiger partial charge in [0, 0.05) is 32.7 Å². The van der Waals surface area contributed by atoms with Crippen LogP contribution < -0.4 is 10.1 Å². The number of carbonyl (C=O) groups is 1. The van der Waals surface area contributed by atoms with Crippen molar-refractivity contribution in [2.24, 2.45) is 0 Å². The summed E-state index contributed by atoms with van der Waals surface area (Å²) in [5, 5.41) is 3.03. The van der Waals surface area contributed by atoms with E-state index in [1.54, 1.807) is 6.20 Å². The summed E-state index contributed by atoms with van der Waals surface area (Å²) >= 11 is 0. The fraction of sp³-hybridized carbons (Fsp3) is 0.571. The van der Waals surface area contributed by atoms with Crippen LogP contribution in [0.4, 0.5) is 0 Å². The zero-order valence-corrected chi connectivity index (χ0v) is 12.1. The van der Waals surface area contributed by atoms with E-state index in [0.29, 0.717) is 5.75 Å². The van der Waals surface area contributed by atoms with Crippen LogP contribution in [0.15, 0.2) is 18.3 Å². The number of rotatable bonds is 5. The number of piperazine rings is 1. The van der Waals surface area contributed by atoms with Crippen molar-refractivity contribution in [3.8, 4) is 5.75 Å². The number of hydrogen-bond donors (Lipinski definition) is 1. The number of hydrogen-bond acceptors (Lipinski definition) is 5. The molecule has 2 rings (SSSR count). The maximum Gasteiger partial charge on any atom is 0.260 e. The molecule has 0 saturated carbocycles. The van der Waals surface area contributed by atoms with Crippen LogP contribution in [0.3, 0.4) is 0 Å². The highest BCUT2D eigenvalue weighted by Gasteiger charge is 2.19. The Morgan fingerprint density at radius 2 is 2.10 bits per heavy atom. The lowest BCUT2D eigenvalue weighted by Crippen LogP contribution is -2.48. The van der Waals surface area contributed by atoms with Crippen LogP contribution in [-0.2, 0) is 11.3 Å². The van der Waals surface area contributed by atoms with Crippen LogP contribution in [0.2, 0.25) is 0 Å². The number of ether oxygens (including phenoxy) is 1. The third-order valence-corrected chi connectivity index (χ3v) is 3.37. The number of likely N-dealkylation sites (N-methyl/N-ethyl adjacent to an activating group) is 1. The van der Waals surface area contributed by atoms with Crippen molar-refractivity contribution in [1.82, 2.24) is 20.1 Å². The van der Waals surface area contributed by atoms with Gasteiger partial charge >= 0.3 is 0 Å². The molecule has 0 aromatic carbocycles. The molecule has 1 fully saturated rings. The summed E-state index contributed by atoms with van der Waals surface area (Å²) < 4.78 is 5.49. The highest BCUT2D eigenvalue weighted by atomic mass is 16.5. The Morgan fingerprint density at radius 3 is 2.70 bits per heavy atom. The standard InChI is InChI=1S/C14H22N4O2/c1-15-9-12-3-4-13(10-16-12)20-11-14(19)18-7-5-17(2)6-8-18/h3-4,10,15H,5-9,11H2,1-2H3. The van der Waals surface area contributed by atoms with Crippen LogP contribution in [0.1, 0.15) is 5.69 Å². The molecule has 0 radical (unpaired) electrons. The Labute approximate surface area is 119 Å². The Kier molecular flexibility index (Phi) is 5.31. The van der Waals surface area contributed by atoms with E-state index in [2.05, 4.69) is 22.2 Å². The molecule has 1 aromatic heterocycles. The SMILES string of the molecule is CNCc1ccc(OCC(=O)N2CCN(C)CC2)cn1. The molecule has 0 unspecified atom stereocenters. The molecule has 0 bridgehead atoms. The quantitative estimate of drug-likeness (QED) is 0.818. The van der Waals surface area contributed by atoms with Gasteiger partial charge in [-0.1, -0.05) is 0 Å². The van der Waals surface area contributed by atoms with E-state index in [4.69, 9.17) is 4.74 Å². The first-order chi connectivity index (χ1) is 9.69. The molecular formula is C14H22N4O2. The highest BCUT2D eigenvalue weighted by molar-refractivity contribution is 5.77. The molecule has 1 aliphatic heterocycles. The minimum Gasteiger partial charge on any atom is -0.482 e. The van der Waals surface area contributed by atoms with Gasteiger partial charge in [-0.15, -0.1) is 0 Å². The van der Waals surface area contributed by atoms with E-state index < -0.39 is 0 Å². The molecule has 6 nitrogen and oxygen atoms in total. The monoisotopic (exact) mass is 278 g/mol. The van der Waals surface area contributed by atoms with Crippen LogP contribution in [0, 0.1) is 0 Å². The largest absolute Gasteiger partial charge is 0.482 e. The molecule has 0 atom stereocenters. The van der Waals surface area contributed by atoms with Crippen molar-refractivity contribution in [3.63, 3.8) is 0 Å². The average molecular weight is 278 g/mol. The van der Waals surface area contributed by atoms with E-state index in [1.807, 2.05) is 24.1 Å². The van der Waals surface area contributed by atoms with Gasteiger partial charge < -0.3 is 19.9 Å². The van der Waals surface area contributed by atoms with E-state index in [0.717, 1.165) is 38.4 Å². The maximum atomic E-state index is 12.0. The van der Waals surface area contributed by atoms with Crippen molar-refractivity contribution >= 4 is 5.91 Å². The summed E-state index contributed by atoms with van der Waals surface area (Å²) in [7, 11) is 3.94. The number of carbonyl (C=O) groups excluding carboxylic acids is 1. The Balaban J connectivity index is 1.78. The minimum absolute atomic E-state index is 0.0393. The van der Waals surface area contributed by atoms with E-state index in [1.165, 1.54) is 0 Å². The molecule has 110 valence electrons. The van der Waals surface area contributed by atoms with E-state index in [9.17, 15) is 4.79 Å². The fourth-order valence-electron chi connectivity index (χ4n) is 2.07. The topological polar surface area (TPSA) is 57.7 Å². The second kappa shape index (κ2) is 7.21. The zero-order chi connectivity index (χ0) is 14.4. The van der Waals surface area contributed by atoms with E-state index in [-0.39, 0.29) is 12.5 Å². The highest BCUT2D eigenvalue weighted by Crippen LogP contribution is 2.09. The van der Waals surface area contributed by atoms with Crippen molar-refractivity contribution in [1.29, 1.82) is 0 Å². The third kappa shape index (κ3) is 4.18. The molecule has 0 spiro atoms. The lowest BCUT2D eigenvalue weighted by Gasteiger charge is -2.32. The minimum atomic E-state index is 0.0393. The van der Waals surface area contributed by atoms with E-state index >= 15 is 0 Å². The summed E-state index contributed by atoms with van der Waals surface area (Å²) in [6, 6.07) is 3.74. The summed E-state index contributed by atoms with van der Waals surface area (Å²) in [6.45, 7) is 4.20. The Morgan fingerprint density at radius 1 is 1.35 bits per heavy atom.